The van der Waals surface area contributed by atoms with Gasteiger partial charge in [-0.15, -0.1) is 0 Å². The number of halogens is 3. The zero-order valence-corrected chi connectivity index (χ0v) is 20.4. The Morgan fingerprint density at radius 1 is 1.06 bits per heavy atom. The van der Waals surface area contributed by atoms with Crippen LogP contribution in [0.2, 0.25) is 0 Å². The number of hydrogen-bond acceptors (Lipinski definition) is 6. The topological polar surface area (TPSA) is 78.6 Å². The SMILES string of the molecule is Cc1cnc2c(C34CC(C3)C(C(F)(F)F)C4)nc([C@H]3C[C@@H](c4cnn(C5CC5)c4)O[C@@H](C)C3)nc2n1. The number of aryl methyl sites for hydroxylation is 1. The van der Waals surface area contributed by atoms with Crippen molar-refractivity contribution >= 4 is 11.2 Å². The molecule has 1 saturated heterocycles. The highest BCUT2D eigenvalue weighted by molar-refractivity contribution is 5.74. The number of ether oxygens (including phenoxy) is 1. The first-order chi connectivity index (χ1) is 17.2. The molecular weight excluding hydrogens is 469 g/mol. The Labute approximate surface area is 206 Å². The molecule has 5 fully saturated rings. The van der Waals surface area contributed by atoms with Crippen LogP contribution in [0.25, 0.3) is 11.2 Å². The maximum absolute atomic E-state index is 13.7. The van der Waals surface area contributed by atoms with Gasteiger partial charge in [0, 0.05) is 29.3 Å². The van der Waals surface area contributed by atoms with Crippen LogP contribution in [0.4, 0.5) is 13.2 Å². The zero-order chi connectivity index (χ0) is 24.8. The molecule has 0 spiro atoms. The Bertz CT molecular complexity index is 1330. The molecule has 0 radical (unpaired) electrons. The average molecular weight is 499 g/mol. The first kappa shape index (κ1) is 22.6. The second-order valence-electron chi connectivity index (χ2n) is 11.5. The minimum Gasteiger partial charge on any atom is -0.370 e. The number of aromatic nitrogens is 6. The molecule has 4 saturated carbocycles. The molecule has 10 heteroatoms. The maximum atomic E-state index is 13.7. The number of alkyl halides is 3. The van der Waals surface area contributed by atoms with Gasteiger partial charge in [-0.3, -0.25) is 4.68 Å². The number of hydrogen-bond donors (Lipinski definition) is 0. The summed E-state index contributed by atoms with van der Waals surface area (Å²) >= 11 is 0. The van der Waals surface area contributed by atoms with Gasteiger partial charge in [-0.1, -0.05) is 0 Å². The summed E-state index contributed by atoms with van der Waals surface area (Å²) in [6.07, 6.45) is 6.20. The number of fused-ring (bicyclic) bond motifs is 2. The minimum absolute atomic E-state index is 0.00305. The molecule has 4 aliphatic carbocycles. The van der Waals surface area contributed by atoms with Gasteiger partial charge in [-0.2, -0.15) is 18.3 Å². The summed E-state index contributed by atoms with van der Waals surface area (Å²) in [5, 5.41) is 4.53. The van der Waals surface area contributed by atoms with Gasteiger partial charge in [0.15, 0.2) is 5.65 Å². The van der Waals surface area contributed by atoms with Gasteiger partial charge in [0.1, 0.15) is 11.3 Å². The summed E-state index contributed by atoms with van der Waals surface area (Å²) in [5.41, 5.74) is 2.89. The predicted molar refractivity (Wildman–Crippen MR) is 124 cm³/mol. The van der Waals surface area contributed by atoms with Crippen LogP contribution >= 0.6 is 0 Å². The third kappa shape index (κ3) is 3.63. The van der Waals surface area contributed by atoms with E-state index in [1.54, 1.807) is 6.20 Å². The van der Waals surface area contributed by atoms with Crippen molar-refractivity contribution in [3.63, 3.8) is 0 Å². The van der Waals surface area contributed by atoms with Crippen molar-refractivity contribution in [2.75, 3.05) is 0 Å². The summed E-state index contributed by atoms with van der Waals surface area (Å²) in [6, 6.07) is 0.501. The van der Waals surface area contributed by atoms with E-state index in [1.165, 1.54) is 0 Å². The molecule has 4 heterocycles. The van der Waals surface area contributed by atoms with Crippen LogP contribution in [0.15, 0.2) is 18.6 Å². The van der Waals surface area contributed by atoms with Gasteiger partial charge in [0.25, 0.3) is 0 Å². The lowest BCUT2D eigenvalue weighted by Gasteiger charge is -2.39. The van der Waals surface area contributed by atoms with Gasteiger partial charge < -0.3 is 4.74 Å². The van der Waals surface area contributed by atoms with Gasteiger partial charge in [0.05, 0.1) is 41.8 Å². The van der Waals surface area contributed by atoms with E-state index in [2.05, 4.69) is 28.2 Å². The highest BCUT2D eigenvalue weighted by Gasteiger charge is 2.65. The third-order valence-corrected chi connectivity index (χ3v) is 8.74. The van der Waals surface area contributed by atoms with Crippen molar-refractivity contribution < 1.29 is 17.9 Å². The van der Waals surface area contributed by atoms with Crippen molar-refractivity contribution in [2.45, 2.75) is 94.6 Å². The lowest BCUT2D eigenvalue weighted by molar-refractivity contribution is -0.180. The van der Waals surface area contributed by atoms with Gasteiger partial charge in [-0.25, -0.2) is 19.9 Å². The molecular formula is C26H29F3N6O. The Balaban J connectivity index is 1.25. The molecule has 7 nitrogen and oxygen atoms in total. The first-order valence-electron chi connectivity index (χ1n) is 13.0. The lowest BCUT2D eigenvalue weighted by atomic mass is 9.67. The van der Waals surface area contributed by atoms with E-state index < -0.39 is 17.5 Å². The Hall–Kier alpha value is -2.62. The van der Waals surface area contributed by atoms with E-state index in [1.807, 2.05) is 17.8 Å². The molecule has 0 aromatic carbocycles. The molecule has 5 aliphatic rings. The average Bonchev–Trinajstić information content (AvgIpc) is 3.24. The molecule has 1 aliphatic heterocycles. The lowest BCUT2D eigenvalue weighted by Crippen LogP contribution is -2.35. The monoisotopic (exact) mass is 498 g/mol. The molecule has 1 unspecified atom stereocenters. The van der Waals surface area contributed by atoms with E-state index in [4.69, 9.17) is 14.7 Å². The van der Waals surface area contributed by atoms with Crippen molar-refractivity contribution in [2.24, 2.45) is 11.8 Å². The van der Waals surface area contributed by atoms with Crippen LogP contribution in [0.5, 0.6) is 0 Å². The quantitative estimate of drug-likeness (QED) is 0.472. The second kappa shape index (κ2) is 7.69. The van der Waals surface area contributed by atoms with Crippen LogP contribution in [-0.4, -0.2) is 42.0 Å². The van der Waals surface area contributed by atoms with E-state index >= 15 is 0 Å². The summed E-state index contributed by atoms with van der Waals surface area (Å²) in [7, 11) is 0. The van der Waals surface area contributed by atoms with Crippen LogP contribution < -0.4 is 0 Å². The van der Waals surface area contributed by atoms with E-state index in [9.17, 15) is 13.2 Å². The van der Waals surface area contributed by atoms with Crippen molar-refractivity contribution in [1.29, 1.82) is 0 Å². The summed E-state index contributed by atoms with van der Waals surface area (Å²) in [6.45, 7) is 3.90. The zero-order valence-electron chi connectivity index (χ0n) is 20.4. The molecule has 8 rings (SSSR count). The normalized spacial score (nSPS) is 34.2. The van der Waals surface area contributed by atoms with Crippen LogP contribution in [0.3, 0.4) is 0 Å². The van der Waals surface area contributed by atoms with Crippen molar-refractivity contribution in [3.05, 3.63) is 41.4 Å². The van der Waals surface area contributed by atoms with Crippen molar-refractivity contribution in [1.82, 2.24) is 29.7 Å². The fourth-order valence-corrected chi connectivity index (χ4v) is 6.85. The summed E-state index contributed by atoms with van der Waals surface area (Å²) < 4.78 is 49.4. The Morgan fingerprint density at radius 2 is 1.86 bits per heavy atom. The van der Waals surface area contributed by atoms with E-state index in [0.717, 1.165) is 30.5 Å². The fraction of sp³-hybridized carbons (Fsp3) is 0.654. The predicted octanol–water partition coefficient (Wildman–Crippen LogP) is 5.51. The standard InChI is InChI=1S/C26H29F3N6O/c1-13-10-30-21-22(25-7-16(8-25)19(9-25)26(27,28)29)33-23(34-24(21)32-13)15-5-14(2)36-20(6-15)17-11-31-35(12-17)18-3-4-18/h10-12,14-16,18-20H,3-9H2,1-2H3/t14-,15+,16?,19?,20-,25?/m0/s1. The molecule has 3 aromatic heterocycles. The highest BCUT2D eigenvalue weighted by atomic mass is 19.4. The third-order valence-electron chi connectivity index (χ3n) is 8.74. The first-order valence-corrected chi connectivity index (χ1v) is 13.0. The Morgan fingerprint density at radius 3 is 2.58 bits per heavy atom. The molecule has 190 valence electrons. The van der Waals surface area contributed by atoms with E-state index in [0.29, 0.717) is 48.0 Å². The number of rotatable bonds is 4. The largest absolute Gasteiger partial charge is 0.392 e. The summed E-state index contributed by atoms with van der Waals surface area (Å²) in [4.78, 5) is 19.0. The van der Waals surface area contributed by atoms with Crippen molar-refractivity contribution in [3.8, 4) is 0 Å². The second-order valence-corrected chi connectivity index (χ2v) is 11.5. The molecule has 0 N–H and O–H groups in total. The van der Waals surface area contributed by atoms with Gasteiger partial charge in [0.2, 0.25) is 0 Å². The fourth-order valence-electron chi connectivity index (χ4n) is 6.85. The van der Waals surface area contributed by atoms with Gasteiger partial charge in [-0.05, 0) is 64.7 Å². The summed E-state index contributed by atoms with van der Waals surface area (Å²) in [5.74, 6) is -0.923. The highest BCUT2D eigenvalue weighted by Crippen LogP contribution is 2.66. The number of nitrogens with zero attached hydrogens (tertiary/aromatic N) is 6. The maximum Gasteiger partial charge on any atom is 0.392 e. The molecule has 2 bridgehead atoms. The van der Waals surface area contributed by atoms with Crippen LogP contribution in [0.1, 0.15) is 92.7 Å². The van der Waals surface area contributed by atoms with Gasteiger partial charge >= 0.3 is 6.18 Å². The van der Waals surface area contributed by atoms with Crippen LogP contribution in [-0.2, 0) is 10.2 Å². The molecule has 4 atom stereocenters. The molecule has 0 amide bonds. The van der Waals surface area contributed by atoms with Crippen LogP contribution in [0, 0.1) is 18.8 Å². The molecule has 3 aromatic rings. The smallest absolute Gasteiger partial charge is 0.370 e. The Kier molecular flexibility index (Phi) is 4.82. The minimum atomic E-state index is -4.18. The molecule has 36 heavy (non-hydrogen) atoms. The van der Waals surface area contributed by atoms with E-state index in [-0.39, 0.29) is 30.5 Å².